The number of hydrogen-bond acceptors (Lipinski definition) is 1. The molecule has 0 aliphatic rings. The fraction of sp³-hybridized carbons (Fsp3) is 0.0769. The van der Waals surface area contributed by atoms with Gasteiger partial charge in [0.2, 0.25) is 0 Å². The van der Waals surface area contributed by atoms with E-state index >= 15 is 0 Å². The van der Waals surface area contributed by atoms with E-state index in [0.29, 0.717) is 11.6 Å². The minimum atomic E-state index is 0.551. The maximum atomic E-state index is 5.84. The fourth-order valence-corrected chi connectivity index (χ4v) is 1.42. The van der Waals surface area contributed by atoms with E-state index in [1.165, 1.54) is 0 Å². The summed E-state index contributed by atoms with van der Waals surface area (Å²) in [4.78, 5) is 0. The third kappa shape index (κ3) is 3.00. The molecule has 15 heavy (non-hydrogen) atoms. The van der Waals surface area contributed by atoms with Gasteiger partial charge in [0.1, 0.15) is 12.4 Å². The summed E-state index contributed by atoms with van der Waals surface area (Å²) in [6, 6.07) is 18.0. The minimum Gasteiger partial charge on any atom is -0.489 e. The van der Waals surface area contributed by atoms with Gasteiger partial charge >= 0.3 is 0 Å². The molecule has 0 saturated heterocycles. The van der Waals surface area contributed by atoms with Crippen molar-refractivity contribution in [2.24, 2.45) is 0 Å². The number of benzene rings is 2. The van der Waals surface area contributed by atoms with Crippen LogP contribution >= 0.6 is 11.6 Å². The molecule has 0 heterocycles. The third-order valence-electron chi connectivity index (χ3n) is 1.99. The van der Waals surface area contributed by atoms with E-state index in [1.807, 2.05) is 42.5 Å². The summed E-state index contributed by atoms with van der Waals surface area (Å²) in [5.74, 6) is 0.787. The molecule has 2 rings (SSSR count). The molecule has 0 aliphatic heterocycles. The Morgan fingerprint density at radius 2 is 1.93 bits per heavy atom. The predicted octanol–water partition coefficient (Wildman–Crippen LogP) is 3.72. The van der Waals surface area contributed by atoms with Gasteiger partial charge in [-0.2, -0.15) is 0 Å². The topological polar surface area (TPSA) is 9.23 Å². The van der Waals surface area contributed by atoms with E-state index in [9.17, 15) is 0 Å². The molecule has 2 aromatic rings. The highest BCUT2D eigenvalue weighted by Crippen LogP contribution is 2.18. The first-order valence-corrected chi connectivity index (χ1v) is 5.06. The molecule has 1 radical (unpaired) electrons. The van der Waals surface area contributed by atoms with Crippen LogP contribution in [-0.4, -0.2) is 0 Å². The molecule has 0 N–H and O–H groups in total. The second-order valence-electron chi connectivity index (χ2n) is 3.15. The second-order valence-corrected chi connectivity index (χ2v) is 3.59. The summed E-state index contributed by atoms with van der Waals surface area (Å²) in [6.45, 7) is 0.551. The highest BCUT2D eigenvalue weighted by atomic mass is 35.5. The molecule has 0 saturated carbocycles. The predicted molar refractivity (Wildman–Crippen MR) is 61.1 cm³/mol. The molecule has 2 heteroatoms. The van der Waals surface area contributed by atoms with Crippen molar-refractivity contribution in [1.29, 1.82) is 0 Å². The van der Waals surface area contributed by atoms with Gasteiger partial charge in [0, 0.05) is 5.02 Å². The number of rotatable bonds is 3. The van der Waals surface area contributed by atoms with E-state index < -0.39 is 0 Å². The average Bonchev–Trinajstić information content (AvgIpc) is 2.28. The number of hydrogen-bond donors (Lipinski definition) is 0. The highest BCUT2D eigenvalue weighted by Gasteiger charge is 1.95. The molecule has 0 unspecified atom stereocenters. The molecule has 0 bridgehead atoms. The quantitative estimate of drug-likeness (QED) is 0.762. The van der Waals surface area contributed by atoms with Crippen LogP contribution in [0.2, 0.25) is 5.02 Å². The van der Waals surface area contributed by atoms with Gasteiger partial charge in [0.15, 0.2) is 0 Å². The first-order valence-electron chi connectivity index (χ1n) is 4.68. The Hall–Kier alpha value is -1.47. The van der Waals surface area contributed by atoms with Crippen molar-refractivity contribution in [2.75, 3.05) is 0 Å². The van der Waals surface area contributed by atoms with E-state index in [4.69, 9.17) is 16.3 Å². The molecule has 0 spiro atoms. The van der Waals surface area contributed by atoms with Crippen molar-refractivity contribution in [3.63, 3.8) is 0 Å². The van der Waals surface area contributed by atoms with Gasteiger partial charge in [-0.25, -0.2) is 0 Å². The van der Waals surface area contributed by atoms with Gasteiger partial charge < -0.3 is 4.74 Å². The first-order chi connectivity index (χ1) is 7.34. The monoisotopic (exact) mass is 217 g/mol. The van der Waals surface area contributed by atoms with Crippen LogP contribution in [0.1, 0.15) is 5.56 Å². The Morgan fingerprint density at radius 3 is 2.67 bits per heavy atom. The van der Waals surface area contributed by atoms with Crippen LogP contribution in [0.15, 0.2) is 48.5 Å². The van der Waals surface area contributed by atoms with Gasteiger partial charge in [-0.3, -0.25) is 0 Å². The summed E-state index contributed by atoms with van der Waals surface area (Å²) < 4.78 is 5.57. The SMILES string of the molecule is Clc1cccc(OCc2cc[c]cc2)c1. The lowest BCUT2D eigenvalue weighted by molar-refractivity contribution is 0.306. The lowest BCUT2D eigenvalue weighted by Crippen LogP contribution is -1.94. The van der Waals surface area contributed by atoms with Gasteiger partial charge in [-0.05, 0) is 29.8 Å². The lowest BCUT2D eigenvalue weighted by atomic mass is 10.2. The van der Waals surface area contributed by atoms with Crippen LogP contribution in [-0.2, 0) is 6.61 Å². The summed E-state index contributed by atoms with van der Waals surface area (Å²) in [6.07, 6.45) is 0. The fourth-order valence-electron chi connectivity index (χ4n) is 1.24. The van der Waals surface area contributed by atoms with Gasteiger partial charge in [0.05, 0.1) is 0 Å². The normalized spacial score (nSPS) is 9.93. The number of halogens is 1. The van der Waals surface area contributed by atoms with Gasteiger partial charge in [0.25, 0.3) is 0 Å². The van der Waals surface area contributed by atoms with Gasteiger partial charge in [-0.1, -0.05) is 41.9 Å². The Bertz CT molecular complexity index is 426. The van der Waals surface area contributed by atoms with Crippen molar-refractivity contribution in [1.82, 2.24) is 0 Å². The summed E-state index contributed by atoms with van der Waals surface area (Å²) >= 11 is 5.84. The van der Waals surface area contributed by atoms with E-state index in [1.54, 1.807) is 6.07 Å². The summed E-state index contributed by atoms with van der Waals surface area (Å²) in [7, 11) is 0. The minimum absolute atomic E-state index is 0.551. The Labute approximate surface area is 94.3 Å². The van der Waals surface area contributed by atoms with E-state index in [0.717, 1.165) is 11.3 Å². The molecule has 0 aliphatic carbocycles. The first kappa shape index (κ1) is 10.1. The Morgan fingerprint density at radius 1 is 1.13 bits per heavy atom. The van der Waals surface area contributed by atoms with Gasteiger partial charge in [-0.15, -0.1) is 0 Å². The summed E-state index contributed by atoms with van der Waals surface area (Å²) in [5, 5.41) is 0.689. The zero-order valence-electron chi connectivity index (χ0n) is 8.11. The van der Waals surface area contributed by atoms with Crippen LogP contribution in [0.5, 0.6) is 5.75 Å². The largest absolute Gasteiger partial charge is 0.489 e. The van der Waals surface area contributed by atoms with Crippen LogP contribution in [0, 0.1) is 6.07 Å². The summed E-state index contributed by atoms with van der Waals surface area (Å²) in [5.41, 5.74) is 1.12. The molecule has 2 aromatic carbocycles. The highest BCUT2D eigenvalue weighted by molar-refractivity contribution is 6.30. The van der Waals surface area contributed by atoms with E-state index in [2.05, 4.69) is 6.07 Å². The van der Waals surface area contributed by atoms with Crippen molar-refractivity contribution in [3.05, 3.63) is 65.2 Å². The van der Waals surface area contributed by atoms with E-state index in [-0.39, 0.29) is 0 Å². The Balaban J connectivity index is 1.99. The van der Waals surface area contributed by atoms with Crippen molar-refractivity contribution < 1.29 is 4.74 Å². The smallest absolute Gasteiger partial charge is 0.121 e. The molecular weight excluding hydrogens is 208 g/mol. The zero-order chi connectivity index (χ0) is 10.5. The molecule has 0 aromatic heterocycles. The standard InChI is InChI=1S/C13H10ClO/c14-12-7-4-8-13(9-12)15-10-11-5-2-1-3-6-11/h2-9H,10H2. The van der Waals surface area contributed by atoms with Crippen molar-refractivity contribution >= 4 is 11.6 Å². The molecule has 0 atom stereocenters. The van der Waals surface area contributed by atoms with Crippen molar-refractivity contribution in [2.45, 2.75) is 6.61 Å². The molecule has 0 fully saturated rings. The lowest BCUT2D eigenvalue weighted by Gasteiger charge is -2.05. The molecule has 1 nitrogen and oxygen atoms in total. The number of ether oxygens (including phenoxy) is 1. The van der Waals surface area contributed by atoms with Crippen molar-refractivity contribution in [3.8, 4) is 5.75 Å². The second kappa shape index (κ2) is 4.85. The van der Waals surface area contributed by atoms with Crippen LogP contribution < -0.4 is 4.74 Å². The zero-order valence-corrected chi connectivity index (χ0v) is 8.87. The van der Waals surface area contributed by atoms with Crippen LogP contribution in [0.25, 0.3) is 0 Å². The Kier molecular flexibility index (Phi) is 3.25. The van der Waals surface area contributed by atoms with Crippen LogP contribution in [0.4, 0.5) is 0 Å². The molecule has 0 amide bonds. The average molecular weight is 218 g/mol. The van der Waals surface area contributed by atoms with Crippen LogP contribution in [0.3, 0.4) is 0 Å². The molecule has 75 valence electrons. The third-order valence-corrected chi connectivity index (χ3v) is 2.22. The maximum Gasteiger partial charge on any atom is 0.121 e. The maximum absolute atomic E-state index is 5.84. The molecular formula is C13H10ClO.